The number of rotatable bonds is 4. The fourth-order valence-electron chi connectivity index (χ4n) is 3.49. The summed E-state index contributed by atoms with van der Waals surface area (Å²) in [5, 5.41) is 10.1. The zero-order chi connectivity index (χ0) is 16.4. The molecule has 2 aromatic rings. The van der Waals surface area contributed by atoms with E-state index in [-0.39, 0.29) is 24.7 Å². The van der Waals surface area contributed by atoms with Crippen molar-refractivity contribution >= 4 is 5.91 Å². The van der Waals surface area contributed by atoms with Gasteiger partial charge in [0.25, 0.3) is 0 Å². The number of aromatic amines is 1. The van der Waals surface area contributed by atoms with E-state index in [4.69, 9.17) is 9.47 Å². The first-order valence-corrected chi connectivity index (χ1v) is 8.46. The Morgan fingerprint density at radius 1 is 1.38 bits per heavy atom. The average Bonchev–Trinajstić information content (AvgIpc) is 3.09. The van der Waals surface area contributed by atoms with E-state index in [1.54, 1.807) is 0 Å². The van der Waals surface area contributed by atoms with Crippen LogP contribution in [-0.2, 0) is 16.0 Å². The predicted octanol–water partition coefficient (Wildman–Crippen LogP) is 2.44. The molecule has 0 spiro atoms. The molecule has 1 aromatic heterocycles. The van der Waals surface area contributed by atoms with Crippen LogP contribution in [0.5, 0.6) is 5.75 Å². The number of H-pyrrole nitrogens is 1. The number of ether oxygens (including phenoxy) is 2. The van der Waals surface area contributed by atoms with Gasteiger partial charge >= 0.3 is 0 Å². The average molecular weight is 327 g/mol. The monoisotopic (exact) mass is 327 g/mol. The van der Waals surface area contributed by atoms with Gasteiger partial charge in [0.2, 0.25) is 5.91 Å². The molecule has 1 aliphatic heterocycles. The van der Waals surface area contributed by atoms with E-state index in [2.05, 4.69) is 15.5 Å². The fraction of sp³-hybridized carbons (Fsp3) is 0.444. The Morgan fingerprint density at radius 2 is 2.29 bits per heavy atom. The van der Waals surface area contributed by atoms with Crippen LogP contribution in [0.1, 0.15) is 48.2 Å². The minimum atomic E-state index is -0.0941. The lowest BCUT2D eigenvalue weighted by Crippen LogP contribution is -2.35. The molecule has 0 saturated carbocycles. The predicted molar refractivity (Wildman–Crippen MR) is 87.7 cm³/mol. The first kappa shape index (κ1) is 15.2. The zero-order valence-electron chi connectivity index (χ0n) is 13.5. The number of fused-ring (bicyclic) bond motifs is 2. The second-order valence-corrected chi connectivity index (χ2v) is 6.30. The van der Waals surface area contributed by atoms with Gasteiger partial charge in [-0.15, -0.1) is 0 Å². The third-order valence-electron chi connectivity index (χ3n) is 4.70. The topological polar surface area (TPSA) is 76.2 Å². The van der Waals surface area contributed by atoms with Crippen molar-refractivity contribution in [1.82, 2.24) is 15.5 Å². The molecule has 2 N–H and O–H groups in total. The van der Waals surface area contributed by atoms with Gasteiger partial charge in [0.05, 0.1) is 30.6 Å². The van der Waals surface area contributed by atoms with Gasteiger partial charge in [0, 0.05) is 12.0 Å². The van der Waals surface area contributed by atoms with Crippen LogP contribution in [-0.4, -0.2) is 29.3 Å². The van der Waals surface area contributed by atoms with Crippen LogP contribution in [0, 0.1) is 0 Å². The normalized spacial score (nSPS) is 22.2. The van der Waals surface area contributed by atoms with E-state index >= 15 is 0 Å². The summed E-state index contributed by atoms with van der Waals surface area (Å²) in [6.07, 6.45) is 5.57. The molecule has 0 radical (unpaired) electrons. The summed E-state index contributed by atoms with van der Waals surface area (Å²) in [4.78, 5) is 12.3. The highest BCUT2D eigenvalue weighted by Gasteiger charge is 2.25. The molecule has 1 aliphatic carbocycles. The number of hydrogen-bond acceptors (Lipinski definition) is 4. The molecule has 0 bridgehead atoms. The van der Waals surface area contributed by atoms with Crippen LogP contribution >= 0.6 is 0 Å². The van der Waals surface area contributed by atoms with Gasteiger partial charge in [-0.3, -0.25) is 9.89 Å². The second-order valence-electron chi connectivity index (χ2n) is 6.30. The van der Waals surface area contributed by atoms with E-state index in [1.807, 2.05) is 30.5 Å². The van der Waals surface area contributed by atoms with Crippen molar-refractivity contribution in [3.8, 4) is 5.75 Å². The molecule has 2 heterocycles. The number of para-hydroxylation sites is 1. The standard InChI is InChI=1S/C18H21N3O3/c22-17(11-24-16-7-3-4-12-10-19-21-18(12)16)20-14-8-9-23-15-6-2-1-5-13(14)15/h1-2,5-6,10,14,16H,3-4,7-9,11H2,(H,19,21)(H,20,22)/t14-,16-/m1/s1. The summed E-state index contributed by atoms with van der Waals surface area (Å²) in [6.45, 7) is 0.672. The molecule has 2 atom stereocenters. The second kappa shape index (κ2) is 6.65. The smallest absolute Gasteiger partial charge is 0.246 e. The molecule has 2 aliphatic rings. The molecule has 126 valence electrons. The van der Waals surface area contributed by atoms with Gasteiger partial charge in [0.15, 0.2) is 0 Å². The van der Waals surface area contributed by atoms with E-state index in [1.165, 1.54) is 5.56 Å². The van der Waals surface area contributed by atoms with Crippen LogP contribution < -0.4 is 10.1 Å². The Balaban J connectivity index is 1.35. The molecule has 0 unspecified atom stereocenters. The Labute approximate surface area is 140 Å². The van der Waals surface area contributed by atoms with Crippen molar-refractivity contribution in [1.29, 1.82) is 0 Å². The fourth-order valence-corrected chi connectivity index (χ4v) is 3.49. The number of nitrogens with zero attached hydrogens (tertiary/aromatic N) is 1. The SMILES string of the molecule is O=C(CO[C@@H]1CCCc2cn[nH]c21)N[C@@H]1CCOc2ccccc21. The van der Waals surface area contributed by atoms with Gasteiger partial charge in [-0.25, -0.2) is 0 Å². The minimum absolute atomic E-state index is 0.0138. The van der Waals surface area contributed by atoms with Gasteiger partial charge in [0.1, 0.15) is 12.4 Å². The van der Waals surface area contributed by atoms with Gasteiger partial charge in [-0.1, -0.05) is 18.2 Å². The van der Waals surface area contributed by atoms with Gasteiger partial charge in [-0.2, -0.15) is 5.10 Å². The molecule has 1 amide bonds. The maximum absolute atomic E-state index is 12.3. The molecular formula is C18H21N3O3. The van der Waals surface area contributed by atoms with Crippen molar-refractivity contribution in [2.75, 3.05) is 13.2 Å². The summed E-state index contributed by atoms with van der Waals surface area (Å²) in [5.74, 6) is 0.757. The van der Waals surface area contributed by atoms with Crippen LogP contribution in [0.15, 0.2) is 30.5 Å². The molecular weight excluding hydrogens is 306 g/mol. The van der Waals surface area contributed by atoms with Crippen LogP contribution in [0.4, 0.5) is 0 Å². The molecule has 0 fully saturated rings. The van der Waals surface area contributed by atoms with Gasteiger partial charge < -0.3 is 14.8 Å². The Kier molecular flexibility index (Phi) is 4.21. The summed E-state index contributed by atoms with van der Waals surface area (Å²) in [7, 11) is 0. The molecule has 1 aromatic carbocycles. The number of carbonyl (C=O) groups excluding carboxylic acids is 1. The molecule has 4 rings (SSSR count). The number of aromatic nitrogens is 2. The first-order chi connectivity index (χ1) is 11.8. The van der Waals surface area contributed by atoms with Crippen molar-refractivity contribution in [2.45, 2.75) is 37.8 Å². The zero-order valence-corrected chi connectivity index (χ0v) is 13.5. The third kappa shape index (κ3) is 3.01. The summed E-state index contributed by atoms with van der Waals surface area (Å²) in [6, 6.07) is 7.83. The highest BCUT2D eigenvalue weighted by molar-refractivity contribution is 5.78. The largest absolute Gasteiger partial charge is 0.493 e. The summed E-state index contributed by atoms with van der Waals surface area (Å²) < 4.78 is 11.5. The molecule has 24 heavy (non-hydrogen) atoms. The number of carbonyl (C=O) groups is 1. The summed E-state index contributed by atoms with van der Waals surface area (Å²) in [5.41, 5.74) is 3.25. The number of nitrogens with one attached hydrogen (secondary N) is 2. The molecule has 0 saturated heterocycles. The van der Waals surface area contributed by atoms with E-state index in [0.717, 1.165) is 42.7 Å². The van der Waals surface area contributed by atoms with Crippen molar-refractivity contribution in [3.05, 3.63) is 47.3 Å². The first-order valence-electron chi connectivity index (χ1n) is 8.46. The molecule has 6 heteroatoms. The van der Waals surface area contributed by atoms with E-state index in [0.29, 0.717) is 6.61 Å². The van der Waals surface area contributed by atoms with E-state index in [9.17, 15) is 4.79 Å². The maximum atomic E-state index is 12.3. The Morgan fingerprint density at radius 3 is 3.25 bits per heavy atom. The quantitative estimate of drug-likeness (QED) is 0.904. The van der Waals surface area contributed by atoms with Crippen LogP contribution in [0.25, 0.3) is 0 Å². The highest BCUT2D eigenvalue weighted by Crippen LogP contribution is 2.32. The highest BCUT2D eigenvalue weighted by atomic mass is 16.5. The number of aryl methyl sites for hydroxylation is 1. The lowest BCUT2D eigenvalue weighted by Gasteiger charge is -2.27. The van der Waals surface area contributed by atoms with Crippen LogP contribution in [0.3, 0.4) is 0 Å². The number of hydrogen-bond donors (Lipinski definition) is 2. The van der Waals surface area contributed by atoms with E-state index < -0.39 is 0 Å². The Bertz CT molecular complexity index is 728. The Hall–Kier alpha value is -2.34. The van der Waals surface area contributed by atoms with Crippen LogP contribution in [0.2, 0.25) is 0 Å². The molecule has 6 nitrogen and oxygen atoms in total. The third-order valence-corrected chi connectivity index (χ3v) is 4.70. The maximum Gasteiger partial charge on any atom is 0.246 e. The lowest BCUT2D eigenvalue weighted by molar-refractivity contribution is -0.129. The van der Waals surface area contributed by atoms with Gasteiger partial charge in [-0.05, 0) is 30.9 Å². The number of amides is 1. The number of benzene rings is 1. The van der Waals surface area contributed by atoms with Crippen molar-refractivity contribution < 1.29 is 14.3 Å². The lowest BCUT2D eigenvalue weighted by atomic mass is 9.96. The van der Waals surface area contributed by atoms with Crippen molar-refractivity contribution in [3.63, 3.8) is 0 Å². The summed E-state index contributed by atoms with van der Waals surface area (Å²) >= 11 is 0. The van der Waals surface area contributed by atoms with Crippen molar-refractivity contribution in [2.24, 2.45) is 0 Å². The minimum Gasteiger partial charge on any atom is -0.493 e.